The van der Waals surface area contributed by atoms with Gasteiger partial charge in [-0.05, 0) is 31.1 Å². The molecule has 3 amide bonds. The molecule has 26 heavy (non-hydrogen) atoms. The van der Waals surface area contributed by atoms with Crippen LogP contribution in [0, 0.1) is 11.8 Å². The van der Waals surface area contributed by atoms with Gasteiger partial charge in [-0.15, -0.1) is 0 Å². The standard InChI is InChI=1S/C19H35N3O4/c1-7-8-15(11-23)21-18(25)17(10-13(4)5)22-19(26)16(9-12(2)3)20-14(6)24/h11-13,15-17H,7-10H2,1-6H3,(H,20,24)(H,21,25)(H,22,26)/t15-,16-,17-/m0/s1. The maximum absolute atomic E-state index is 12.6. The lowest BCUT2D eigenvalue weighted by atomic mass is 9.99. The third-order valence-corrected chi connectivity index (χ3v) is 3.83. The van der Waals surface area contributed by atoms with Crippen LogP contribution in [0.1, 0.15) is 67.2 Å². The number of carbonyl (C=O) groups is 4. The fraction of sp³-hybridized carbons (Fsp3) is 0.789. The van der Waals surface area contributed by atoms with Gasteiger partial charge in [0.1, 0.15) is 18.4 Å². The topological polar surface area (TPSA) is 104 Å². The zero-order valence-corrected chi connectivity index (χ0v) is 16.9. The van der Waals surface area contributed by atoms with Crippen molar-refractivity contribution in [1.29, 1.82) is 0 Å². The van der Waals surface area contributed by atoms with Crippen LogP contribution < -0.4 is 16.0 Å². The highest BCUT2D eigenvalue weighted by molar-refractivity contribution is 5.92. The minimum Gasteiger partial charge on any atom is -0.345 e. The van der Waals surface area contributed by atoms with Crippen molar-refractivity contribution >= 4 is 24.0 Å². The maximum Gasteiger partial charge on any atom is 0.243 e. The molecule has 0 rings (SSSR count). The van der Waals surface area contributed by atoms with Gasteiger partial charge >= 0.3 is 0 Å². The van der Waals surface area contributed by atoms with Gasteiger partial charge in [-0.1, -0.05) is 41.0 Å². The van der Waals surface area contributed by atoms with Crippen LogP contribution in [0.5, 0.6) is 0 Å². The third-order valence-electron chi connectivity index (χ3n) is 3.83. The highest BCUT2D eigenvalue weighted by Crippen LogP contribution is 2.09. The molecule has 7 heteroatoms. The fourth-order valence-electron chi connectivity index (χ4n) is 2.69. The Morgan fingerprint density at radius 2 is 1.31 bits per heavy atom. The molecular formula is C19H35N3O4. The molecule has 0 fully saturated rings. The van der Waals surface area contributed by atoms with E-state index in [0.717, 1.165) is 6.42 Å². The molecule has 0 aromatic carbocycles. The van der Waals surface area contributed by atoms with Gasteiger partial charge < -0.3 is 20.7 Å². The molecule has 0 saturated carbocycles. The summed E-state index contributed by atoms with van der Waals surface area (Å²) in [5, 5.41) is 8.08. The average Bonchev–Trinajstić information content (AvgIpc) is 2.51. The Balaban J connectivity index is 5.14. The van der Waals surface area contributed by atoms with E-state index in [1.54, 1.807) is 0 Å². The van der Waals surface area contributed by atoms with E-state index in [1.807, 2.05) is 34.6 Å². The van der Waals surface area contributed by atoms with Gasteiger partial charge in [-0.25, -0.2) is 0 Å². The number of rotatable bonds is 12. The quantitative estimate of drug-likeness (QED) is 0.454. The molecule has 3 N–H and O–H groups in total. The number of nitrogens with one attached hydrogen (secondary N) is 3. The zero-order valence-electron chi connectivity index (χ0n) is 16.9. The van der Waals surface area contributed by atoms with Crippen LogP contribution in [0.2, 0.25) is 0 Å². The van der Waals surface area contributed by atoms with Crippen molar-refractivity contribution < 1.29 is 19.2 Å². The van der Waals surface area contributed by atoms with Crippen molar-refractivity contribution in [2.24, 2.45) is 11.8 Å². The number of aldehydes is 1. The number of hydrogen-bond donors (Lipinski definition) is 3. The predicted octanol–water partition coefficient (Wildman–Crippen LogP) is 1.55. The fourth-order valence-corrected chi connectivity index (χ4v) is 2.69. The lowest BCUT2D eigenvalue weighted by Gasteiger charge is -2.25. The van der Waals surface area contributed by atoms with Gasteiger partial charge in [0.2, 0.25) is 17.7 Å². The average molecular weight is 370 g/mol. The molecular weight excluding hydrogens is 334 g/mol. The van der Waals surface area contributed by atoms with E-state index in [0.29, 0.717) is 25.5 Å². The Bertz CT molecular complexity index is 477. The Labute approximate surface area is 157 Å². The number of hydrogen-bond acceptors (Lipinski definition) is 4. The first-order valence-corrected chi connectivity index (χ1v) is 9.43. The number of carbonyl (C=O) groups excluding carboxylic acids is 4. The summed E-state index contributed by atoms with van der Waals surface area (Å²) in [6, 6.07) is -1.99. The van der Waals surface area contributed by atoms with Crippen molar-refractivity contribution in [1.82, 2.24) is 16.0 Å². The van der Waals surface area contributed by atoms with Gasteiger partial charge in [0.05, 0.1) is 6.04 Å². The van der Waals surface area contributed by atoms with Crippen molar-refractivity contribution in [2.45, 2.75) is 85.4 Å². The molecule has 0 aliphatic carbocycles. The Morgan fingerprint density at radius 1 is 0.846 bits per heavy atom. The summed E-state index contributed by atoms with van der Waals surface area (Å²) in [7, 11) is 0. The second-order valence-electron chi connectivity index (χ2n) is 7.61. The lowest BCUT2D eigenvalue weighted by Crippen LogP contribution is -2.55. The lowest BCUT2D eigenvalue weighted by molar-refractivity contribution is -0.133. The van der Waals surface area contributed by atoms with Crippen molar-refractivity contribution in [2.75, 3.05) is 0 Å². The van der Waals surface area contributed by atoms with Crippen LogP contribution in [0.25, 0.3) is 0 Å². The maximum atomic E-state index is 12.6. The number of amides is 3. The van der Waals surface area contributed by atoms with Crippen LogP contribution in [-0.2, 0) is 19.2 Å². The second-order valence-corrected chi connectivity index (χ2v) is 7.61. The van der Waals surface area contributed by atoms with Gasteiger partial charge in [-0.3, -0.25) is 14.4 Å². The van der Waals surface area contributed by atoms with E-state index in [1.165, 1.54) is 6.92 Å². The van der Waals surface area contributed by atoms with E-state index < -0.39 is 18.1 Å². The molecule has 0 aromatic rings. The minimum absolute atomic E-state index is 0.177. The normalized spacial score (nSPS) is 14.5. The molecule has 0 radical (unpaired) electrons. The van der Waals surface area contributed by atoms with E-state index in [2.05, 4.69) is 16.0 Å². The van der Waals surface area contributed by atoms with Crippen LogP contribution in [0.15, 0.2) is 0 Å². The van der Waals surface area contributed by atoms with Crippen LogP contribution in [0.4, 0.5) is 0 Å². The van der Waals surface area contributed by atoms with Crippen LogP contribution in [0.3, 0.4) is 0 Å². The molecule has 0 bridgehead atoms. The van der Waals surface area contributed by atoms with Crippen molar-refractivity contribution in [3.05, 3.63) is 0 Å². The molecule has 0 saturated heterocycles. The van der Waals surface area contributed by atoms with Crippen molar-refractivity contribution in [3.8, 4) is 0 Å². The molecule has 0 heterocycles. The Hall–Kier alpha value is -1.92. The summed E-state index contributed by atoms with van der Waals surface area (Å²) in [4.78, 5) is 47.7. The van der Waals surface area contributed by atoms with Gasteiger partial charge in [0.15, 0.2) is 0 Å². The largest absolute Gasteiger partial charge is 0.345 e. The molecule has 3 atom stereocenters. The third kappa shape index (κ3) is 10.2. The van der Waals surface area contributed by atoms with Gasteiger partial charge in [-0.2, -0.15) is 0 Å². The van der Waals surface area contributed by atoms with Gasteiger partial charge in [0.25, 0.3) is 0 Å². The molecule has 0 spiro atoms. The summed E-state index contributed by atoms with van der Waals surface area (Å²) < 4.78 is 0. The SMILES string of the molecule is CCC[C@@H](C=O)NC(=O)[C@H](CC(C)C)NC(=O)[C@H](CC(C)C)NC(C)=O. The van der Waals surface area contributed by atoms with Crippen LogP contribution >= 0.6 is 0 Å². The summed E-state index contributed by atoms with van der Waals surface area (Å²) in [5.74, 6) is -0.661. The summed E-state index contributed by atoms with van der Waals surface area (Å²) in [6.07, 6.45) is 2.97. The Morgan fingerprint density at radius 3 is 1.69 bits per heavy atom. The molecule has 0 aromatic heterocycles. The first kappa shape index (κ1) is 24.1. The predicted molar refractivity (Wildman–Crippen MR) is 101 cm³/mol. The first-order chi connectivity index (χ1) is 12.1. The van der Waals surface area contributed by atoms with Crippen molar-refractivity contribution in [3.63, 3.8) is 0 Å². The van der Waals surface area contributed by atoms with E-state index >= 15 is 0 Å². The zero-order chi connectivity index (χ0) is 20.3. The molecule has 0 unspecified atom stereocenters. The summed E-state index contributed by atoms with van der Waals surface area (Å²) >= 11 is 0. The van der Waals surface area contributed by atoms with E-state index in [4.69, 9.17) is 0 Å². The molecule has 7 nitrogen and oxygen atoms in total. The second kappa shape index (κ2) is 12.4. The van der Waals surface area contributed by atoms with E-state index in [-0.39, 0.29) is 29.6 Å². The summed E-state index contributed by atoms with van der Waals surface area (Å²) in [5.41, 5.74) is 0. The van der Waals surface area contributed by atoms with Crippen LogP contribution in [-0.4, -0.2) is 42.1 Å². The smallest absolute Gasteiger partial charge is 0.243 e. The monoisotopic (exact) mass is 369 g/mol. The summed E-state index contributed by atoms with van der Waals surface area (Å²) in [6.45, 7) is 11.1. The Kier molecular flexibility index (Phi) is 11.5. The van der Waals surface area contributed by atoms with Gasteiger partial charge in [0, 0.05) is 6.92 Å². The highest BCUT2D eigenvalue weighted by Gasteiger charge is 2.28. The minimum atomic E-state index is -0.745. The molecule has 0 aliphatic rings. The molecule has 0 aliphatic heterocycles. The molecule has 150 valence electrons. The van der Waals surface area contributed by atoms with E-state index in [9.17, 15) is 19.2 Å². The first-order valence-electron chi connectivity index (χ1n) is 9.43. The highest BCUT2D eigenvalue weighted by atomic mass is 16.2.